The van der Waals surface area contributed by atoms with Crippen LogP contribution in [0.3, 0.4) is 0 Å². The summed E-state index contributed by atoms with van der Waals surface area (Å²) in [5, 5.41) is 12.8. The van der Waals surface area contributed by atoms with Gasteiger partial charge in [0.2, 0.25) is 0 Å². The van der Waals surface area contributed by atoms with Gasteiger partial charge in [-0.25, -0.2) is 4.98 Å². The summed E-state index contributed by atoms with van der Waals surface area (Å²) >= 11 is 0. The normalized spacial score (nSPS) is 18.5. The second-order valence-corrected chi connectivity index (χ2v) is 7.23. The maximum Gasteiger partial charge on any atom is 0.144 e. The van der Waals surface area contributed by atoms with Crippen LogP contribution in [0, 0.1) is 11.3 Å². The number of nitrogens with one attached hydrogen (secondary N) is 1. The molecule has 0 spiro atoms. The van der Waals surface area contributed by atoms with E-state index in [-0.39, 0.29) is 6.10 Å². The number of fused-ring (bicyclic) bond motifs is 1. The van der Waals surface area contributed by atoms with E-state index in [9.17, 15) is 5.26 Å². The van der Waals surface area contributed by atoms with E-state index in [1.807, 2.05) is 12.1 Å². The fraction of sp³-hybridized carbons (Fsp3) is 0.455. The van der Waals surface area contributed by atoms with Crippen molar-refractivity contribution in [2.75, 3.05) is 25.1 Å². The Hall–Kier alpha value is -2.46. The van der Waals surface area contributed by atoms with Crippen molar-refractivity contribution >= 4 is 5.82 Å². The number of rotatable bonds is 7. The van der Waals surface area contributed by atoms with Crippen LogP contribution in [0.2, 0.25) is 0 Å². The summed E-state index contributed by atoms with van der Waals surface area (Å²) in [7, 11) is 0. The van der Waals surface area contributed by atoms with Crippen LogP contribution in [0.1, 0.15) is 40.8 Å². The van der Waals surface area contributed by atoms with Crippen LogP contribution in [0.4, 0.5) is 5.82 Å². The van der Waals surface area contributed by atoms with E-state index in [2.05, 4.69) is 34.6 Å². The van der Waals surface area contributed by atoms with Crippen molar-refractivity contribution in [3.63, 3.8) is 0 Å². The smallest absolute Gasteiger partial charge is 0.144 e. The molecule has 1 fully saturated rings. The summed E-state index contributed by atoms with van der Waals surface area (Å²) < 4.78 is 16.8. The minimum absolute atomic E-state index is 0.245. The third-order valence-electron chi connectivity index (χ3n) is 5.10. The van der Waals surface area contributed by atoms with Crippen molar-refractivity contribution in [1.82, 2.24) is 4.98 Å². The Morgan fingerprint density at radius 1 is 1.25 bits per heavy atom. The van der Waals surface area contributed by atoms with E-state index >= 15 is 0 Å². The summed E-state index contributed by atoms with van der Waals surface area (Å²) in [6.45, 7) is 3.90. The van der Waals surface area contributed by atoms with Crippen LogP contribution in [0.25, 0.3) is 0 Å². The first-order chi connectivity index (χ1) is 13.8. The Labute approximate surface area is 165 Å². The Bertz CT molecular complexity index is 857. The van der Waals surface area contributed by atoms with Crippen LogP contribution in [0.15, 0.2) is 30.3 Å². The van der Waals surface area contributed by atoms with Gasteiger partial charge in [-0.15, -0.1) is 0 Å². The first kappa shape index (κ1) is 18.9. The minimum atomic E-state index is 0.245. The third-order valence-corrected chi connectivity index (χ3v) is 5.10. The molecule has 1 saturated heterocycles. The molecule has 0 radical (unpaired) electrons. The first-order valence-corrected chi connectivity index (χ1v) is 9.83. The largest absolute Gasteiger partial charge is 0.376 e. The zero-order valence-electron chi connectivity index (χ0n) is 15.9. The molecule has 0 bridgehead atoms. The lowest BCUT2D eigenvalue weighted by Crippen LogP contribution is -2.15. The van der Waals surface area contributed by atoms with Crippen molar-refractivity contribution in [2.24, 2.45) is 0 Å². The van der Waals surface area contributed by atoms with Crippen molar-refractivity contribution in [3.05, 3.63) is 58.3 Å². The molecule has 2 aliphatic heterocycles. The number of benzene rings is 1. The van der Waals surface area contributed by atoms with Gasteiger partial charge < -0.3 is 19.5 Å². The number of hydrogen-bond donors (Lipinski definition) is 1. The van der Waals surface area contributed by atoms with Gasteiger partial charge in [-0.3, -0.25) is 0 Å². The molecule has 1 N–H and O–H groups in total. The predicted octanol–water partition coefficient (Wildman–Crippen LogP) is 3.33. The van der Waals surface area contributed by atoms with E-state index in [4.69, 9.17) is 14.2 Å². The standard InChI is InChI=1S/C22H25N3O3/c23-11-18-10-19-14-26-8-6-21(19)25-22(18)24-12-16-3-1-4-17(9-16)13-27-15-20-5-2-7-28-20/h1,3-4,9-10,20H,2,5-8,12-15H2,(H,24,25). The van der Waals surface area contributed by atoms with Crippen LogP contribution in [-0.2, 0) is 40.4 Å². The summed E-state index contributed by atoms with van der Waals surface area (Å²) in [6.07, 6.45) is 3.25. The van der Waals surface area contributed by atoms with E-state index in [0.717, 1.165) is 48.3 Å². The molecule has 1 unspecified atom stereocenters. The SMILES string of the molecule is N#Cc1cc2c(nc1NCc1cccc(COCC3CCCO3)c1)CCOC2. The molecule has 1 aromatic carbocycles. The van der Waals surface area contributed by atoms with Crippen LogP contribution < -0.4 is 5.32 Å². The number of hydrogen-bond acceptors (Lipinski definition) is 6. The average Bonchev–Trinajstić information content (AvgIpc) is 3.25. The van der Waals surface area contributed by atoms with Gasteiger partial charge in [0.25, 0.3) is 0 Å². The highest BCUT2D eigenvalue weighted by molar-refractivity contribution is 5.54. The Morgan fingerprint density at radius 3 is 3.04 bits per heavy atom. The molecule has 3 heterocycles. The zero-order valence-corrected chi connectivity index (χ0v) is 15.9. The zero-order chi connectivity index (χ0) is 19.2. The van der Waals surface area contributed by atoms with Crippen molar-refractivity contribution in [1.29, 1.82) is 5.26 Å². The van der Waals surface area contributed by atoms with Gasteiger partial charge in [0, 0.05) is 25.1 Å². The number of nitriles is 1. The highest BCUT2D eigenvalue weighted by atomic mass is 16.5. The lowest BCUT2D eigenvalue weighted by atomic mass is 10.1. The third kappa shape index (κ3) is 4.68. The lowest BCUT2D eigenvalue weighted by Gasteiger charge is -2.18. The molecule has 0 saturated carbocycles. The topological polar surface area (TPSA) is 76.4 Å². The van der Waals surface area contributed by atoms with Gasteiger partial charge in [-0.05, 0) is 30.0 Å². The molecule has 28 heavy (non-hydrogen) atoms. The molecule has 0 amide bonds. The summed E-state index contributed by atoms with van der Waals surface area (Å²) in [5.74, 6) is 0.642. The number of aromatic nitrogens is 1. The molecule has 146 valence electrons. The monoisotopic (exact) mass is 379 g/mol. The maximum absolute atomic E-state index is 9.45. The molecular weight excluding hydrogens is 354 g/mol. The molecule has 2 aromatic rings. The van der Waals surface area contributed by atoms with Gasteiger partial charge >= 0.3 is 0 Å². The number of nitrogens with zero attached hydrogens (tertiary/aromatic N) is 2. The Kier molecular flexibility index (Phi) is 6.17. The lowest BCUT2D eigenvalue weighted by molar-refractivity contribution is 0.0106. The number of pyridine rings is 1. The quantitative estimate of drug-likeness (QED) is 0.795. The van der Waals surface area contributed by atoms with E-state index in [1.54, 1.807) is 0 Å². The Balaban J connectivity index is 1.36. The van der Waals surface area contributed by atoms with Gasteiger partial charge in [-0.2, -0.15) is 5.26 Å². The second-order valence-electron chi connectivity index (χ2n) is 7.23. The molecule has 1 atom stereocenters. The fourth-order valence-electron chi connectivity index (χ4n) is 3.60. The number of ether oxygens (including phenoxy) is 3. The fourth-order valence-corrected chi connectivity index (χ4v) is 3.60. The molecule has 2 aliphatic rings. The van der Waals surface area contributed by atoms with Crippen LogP contribution >= 0.6 is 0 Å². The van der Waals surface area contributed by atoms with Crippen LogP contribution in [0.5, 0.6) is 0 Å². The van der Waals surface area contributed by atoms with E-state index in [1.165, 1.54) is 0 Å². The van der Waals surface area contributed by atoms with E-state index < -0.39 is 0 Å². The molecule has 1 aromatic heterocycles. The summed E-state index contributed by atoms with van der Waals surface area (Å²) in [5.41, 5.74) is 4.85. The van der Waals surface area contributed by atoms with Gasteiger partial charge in [0.1, 0.15) is 11.9 Å². The maximum atomic E-state index is 9.45. The van der Waals surface area contributed by atoms with Gasteiger partial charge in [-0.1, -0.05) is 24.3 Å². The molecule has 6 nitrogen and oxygen atoms in total. The van der Waals surface area contributed by atoms with Crippen molar-refractivity contribution < 1.29 is 14.2 Å². The average molecular weight is 379 g/mol. The minimum Gasteiger partial charge on any atom is -0.376 e. The molecule has 4 rings (SSSR count). The first-order valence-electron chi connectivity index (χ1n) is 9.83. The Morgan fingerprint density at radius 2 is 2.18 bits per heavy atom. The second kappa shape index (κ2) is 9.16. The summed E-state index contributed by atoms with van der Waals surface area (Å²) in [6, 6.07) is 12.4. The van der Waals surface area contributed by atoms with Gasteiger partial charge in [0.15, 0.2) is 0 Å². The highest BCUT2D eigenvalue weighted by Crippen LogP contribution is 2.22. The highest BCUT2D eigenvalue weighted by Gasteiger charge is 2.16. The van der Waals surface area contributed by atoms with E-state index in [0.29, 0.717) is 44.4 Å². The van der Waals surface area contributed by atoms with Gasteiger partial charge in [0.05, 0.1) is 43.8 Å². The van der Waals surface area contributed by atoms with Crippen molar-refractivity contribution in [2.45, 2.75) is 45.1 Å². The van der Waals surface area contributed by atoms with Crippen molar-refractivity contribution in [3.8, 4) is 6.07 Å². The molecular formula is C22H25N3O3. The number of anilines is 1. The predicted molar refractivity (Wildman–Crippen MR) is 105 cm³/mol. The van der Waals surface area contributed by atoms with Crippen LogP contribution in [-0.4, -0.2) is 30.9 Å². The molecule has 6 heteroatoms. The summed E-state index contributed by atoms with van der Waals surface area (Å²) in [4.78, 5) is 4.66. The molecule has 0 aliphatic carbocycles.